The van der Waals surface area contributed by atoms with Crippen molar-refractivity contribution in [1.82, 2.24) is 9.88 Å². The highest BCUT2D eigenvalue weighted by molar-refractivity contribution is 6.05. The summed E-state index contributed by atoms with van der Waals surface area (Å²) in [5.74, 6) is 0.466. The molecule has 184 valence electrons. The highest BCUT2D eigenvalue weighted by atomic mass is 16.5. The molecule has 1 atom stereocenters. The van der Waals surface area contributed by atoms with Crippen molar-refractivity contribution in [2.45, 2.75) is 64.5 Å². The number of carbonyl (C=O) groups excluding carboxylic acids is 2. The summed E-state index contributed by atoms with van der Waals surface area (Å²) in [6, 6.07) is 14.0. The number of hydrogen-bond acceptors (Lipinski definition) is 4. The maximum Gasteiger partial charge on any atom is 0.411 e. The van der Waals surface area contributed by atoms with Crippen LogP contribution in [0.1, 0.15) is 68.8 Å². The normalized spacial score (nSPS) is 16.5. The van der Waals surface area contributed by atoms with Gasteiger partial charge in [0.2, 0.25) is 0 Å². The number of nitrogens with two attached hydrogens (primary N) is 1. The lowest BCUT2D eigenvalue weighted by Crippen LogP contribution is -2.31. The first kappa shape index (κ1) is 23.3. The van der Waals surface area contributed by atoms with E-state index in [1.165, 1.54) is 6.42 Å². The molecule has 3 aromatic rings. The minimum absolute atomic E-state index is 0.0632. The molecule has 0 saturated heterocycles. The molecule has 2 saturated carbocycles. The Morgan fingerprint density at radius 2 is 1.86 bits per heavy atom. The van der Waals surface area contributed by atoms with E-state index < -0.39 is 6.09 Å². The van der Waals surface area contributed by atoms with E-state index in [4.69, 9.17) is 10.5 Å². The van der Waals surface area contributed by atoms with Gasteiger partial charge >= 0.3 is 6.09 Å². The smallest absolute Gasteiger partial charge is 0.411 e. The fourth-order valence-corrected chi connectivity index (χ4v) is 4.55. The van der Waals surface area contributed by atoms with Gasteiger partial charge in [-0.05, 0) is 81.7 Å². The molecule has 2 aliphatic rings. The Morgan fingerprint density at radius 3 is 2.49 bits per heavy atom. The first-order valence-electron chi connectivity index (χ1n) is 12.7. The number of anilines is 2. The fourth-order valence-electron chi connectivity index (χ4n) is 4.55. The Bertz CT molecular complexity index is 1240. The number of amides is 2. The van der Waals surface area contributed by atoms with E-state index in [9.17, 15) is 9.59 Å². The summed E-state index contributed by atoms with van der Waals surface area (Å²) < 4.78 is 7.58. The molecule has 0 aliphatic heterocycles. The molecule has 5 rings (SSSR count). The van der Waals surface area contributed by atoms with Crippen LogP contribution in [0.15, 0.2) is 42.5 Å². The average Bonchev–Trinajstić information content (AvgIpc) is 3.62. The van der Waals surface area contributed by atoms with Crippen LogP contribution in [0.3, 0.4) is 0 Å². The van der Waals surface area contributed by atoms with E-state index >= 15 is 0 Å². The monoisotopic (exact) mass is 474 g/mol. The largest absolute Gasteiger partial charge is 0.449 e. The number of aromatic nitrogens is 1. The van der Waals surface area contributed by atoms with Crippen LogP contribution in [0.4, 0.5) is 16.2 Å². The Labute approximate surface area is 206 Å². The van der Waals surface area contributed by atoms with E-state index in [0.717, 1.165) is 54.3 Å². The van der Waals surface area contributed by atoms with Gasteiger partial charge in [0.15, 0.2) is 0 Å². The third-order valence-corrected chi connectivity index (χ3v) is 7.29. The number of nitrogens with one attached hydrogen (secondary N) is 2. The van der Waals surface area contributed by atoms with Gasteiger partial charge in [-0.2, -0.15) is 0 Å². The van der Waals surface area contributed by atoms with Crippen molar-refractivity contribution in [1.29, 1.82) is 0 Å². The summed E-state index contributed by atoms with van der Waals surface area (Å²) in [7, 11) is 0. The second kappa shape index (κ2) is 9.64. The molecule has 1 unspecified atom stereocenters. The lowest BCUT2D eigenvalue weighted by molar-refractivity contribution is 0.0939. The summed E-state index contributed by atoms with van der Waals surface area (Å²) in [6.45, 7) is 4.55. The van der Waals surface area contributed by atoms with Gasteiger partial charge in [-0.15, -0.1) is 0 Å². The van der Waals surface area contributed by atoms with Crippen molar-refractivity contribution < 1.29 is 14.3 Å². The number of ether oxygens (including phenoxy) is 1. The number of benzene rings is 2. The van der Waals surface area contributed by atoms with Crippen molar-refractivity contribution in [2.75, 3.05) is 17.7 Å². The number of hydrogen-bond donors (Lipinski definition) is 3. The molecule has 2 fully saturated rings. The summed E-state index contributed by atoms with van der Waals surface area (Å²) in [6.07, 6.45) is 6.11. The summed E-state index contributed by atoms with van der Waals surface area (Å²) in [4.78, 5) is 24.8. The van der Waals surface area contributed by atoms with E-state index in [1.807, 2.05) is 49.4 Å². The van der Waals surface area contributed by atoms with E-state index in [0.29, 0.717) is 35.5 Å². The number of nitrogen functional groups attached to an aromatic ring is 1. The van der Waals surface area contributed by atoms with Gasteiger partial charge in [0.1, 0.15) is 0 Å². The fraction of sp³-hybridized carbons (Fsp3) is 0.429. The van der Waals surface area contributed by atoms with Crippen LogP contribution in [-0.2, 0) is 4.74 Å². The van der Waals surface area contributed by atoms with Crippen LogP contribution >= 0.6 is 0 Å². The molecule has 0 radical (unpaired) electrons. The predicted molar refractivity (Wildman–Crippen MR) is 140 cm³/mol. The quantitative estimate of drug-likeness (QED) is 0.367. The van der Waals surface area contributed by atoms with E-state index in [2.05, 4.69) is 22.1 Å². The van der Waals surface area contributed by atoms with Crippen molar-refractivity contribution in [2.24, 2.45) is 5.92 Å². The lowest BCUT2D eigenvalue weighted by Gasteiger charge is -2.30. The van der Waals surface area contributed by atoms with Gasteiger partial charge in [-0.3, -0.25) is 10.1 Å². The second-order valence-electron chi connectivity index (χ2n) is 9.98. The topological polar surface area (TPSA) is 98.4 Å². The number of nitrogens with zero attached hydrogens (tertiary/aromatic N) is 1. The Kier molecular flexibility index (Phi) is 6.41. The first-order valence-corrected chi connectivity index (χ1v) is 12.7. The highest BCUT2D eigenvalue weighted by Gasteiger charge is 2.27. The van der Waals surface area contributed by atoms with Gasteiger partial charge in [0.25, 0.3) is 5.91 Å². The van der Waals surface area contributed by atoms with Crippen LogP contribution in [-0.4, -0.2) is 29.2 Å². The maximum absolute atomic E-state index is 12.8. The van der Waals surface area contributed by atoms with Gasteiger partial charge in [-0.1, -0.05) is 19.1 Å². The van der Waals surface area contributed by atoms with Crippen LogP contribution < -0.4 is 16.4 Å². The molecular formula is C28H34N4O3. The van der Waals surface area contributed by atoms with Crippen molar-refractivity contribution in [3.8, 4) is 11.3 Å². The van der Waals surface area contributed by atoms with Gasteiger partial charge in [-0.25, -0.2) is 4.79 Å². The van der Waals surface area contributed by atoms with Crippen molar-refractivity contribution >= 4 is 34.3 Å². The summed E-state index contributed by atoms with van der Waals surface area (Å²) >= 11 is 0. The molecule has 1 aromatic heterocycles. The van der Waals surface area contributed by atoms with E-state index in [1.54, 1.807) is 0 Å². The lowest BCUT2D eigenvalue weighted by atomic mass is 9.92. The summed E-state index contributed by atoms with van der Waals surface area (Å²) in [5.41, 5.74) is 11.7. The maximum atomic E-state index is 12.8. The molecule has 2 aliphatic carbocycles. The molecule has 4 N–H and O–H groups in total. The molecule has 1 heterocycles. The minimum atomic E-state index is -0.420. The predicted octanol–water partition coefficient (Wildman–Crippen LogP) is 6.10. The SMILES string of the molecule is CCC(C)NC(=O)c1ccc2c(N)c(-c3ccc(NC(=O)OCC4CC4)cc3)n(C3CCC3)c2c1. The average molecular weight is 475 g/mol. The third-order valence-electron chi connectivity index (χ3n) is 7.29. The Hall–Kier alpha value is -3.48. The van der Waals surface area contributed by atoms with Crippen molar-refractivity contribution in [3.63, 3.8) is 0 Å². The van der Waals surface area contributed by atoms with Crippen molar-refractivity contribution in [3.05, 3.63) is 48.0 Å². The van der Waals surface area contributed by atoms with Crippen LogP contribution in [0.2, 0.25) is 0 Å². The molecular weight excluding hydrogens is 440 g/mol. The third kappa shape index (κ3) is 4.85. The molecule has 0 spiro atoms. The number of rotatable bonds is 8. The molecule has 7 nitrogen and oxygen atoms in total. The zero-order valence-electron chi connectivity index (χ0n) is 20.5. The summed E-state index contributed by atoms with van der Waals surface area (Å²) in [5, 5.41) is 6.81. The van der Waals surface area contributed by atoms with Gasteiger partial charge in [0.05, 0.1) is 23.5 Å². The highest BCUT2D eigenvalue weighted by Crippen LogP contribution is 2.44. The standard InChI is InChI=1S/C28H34N4O3/c1-3-17(2)30-27(33)20-11-14-23-24(15-20)32(22-5-4-6-22)26(25(23)29)19-9-12-21(13-10-19)31-28(34)35-16-18-7-8-18/h9-15,17-18,22H,3-8,16,29H2,1-2H3,(H,30,33)(H,31,34). The first-order chi connectivity index (χ1) is 16.9. The molecule has 2 aromatic carbocycles. The van der Waals surface area contributed by atoms with Gasteiger partial charge < -0.3 is 20.4 Å². The molecule has 7 heteroatoms. The van der Waals surface area contributed by atoms with Gasteiger partial charge in [0, 0.05) is 34.3 Å². The zero-order chi connectivity index (χ0) is 24.5. The second-order valence-corrected chi connectivity index (χ2v) is 9.98. The molecule has 2 amide bonds. The van der Waals surface area contributed by atoms with E-state index in [-0.39, 0.29) is 11.9 Å². The number of fused-ring (bicyclic) bond motifs is 1. The molecule has 35 heavy (non-hydrogen) atoms. The Balaban J connectivity index is 1.45. The minimum Gasteiger partial charge on any atom is -0.449 e. The zero-order valence-corrected chi connectivity index (χ0v) is 20.5. The van der Waals surface area contributed by atoms with Crippen LogP contribution in [0, 0.1) is 5.92 Å². The molecule has 0 bridgehead atoms. The number of carbonyl (C=O) groups is 2. The van der Waals surface area contributed by atoms with Crippen LogP contribution in [0.25, 0.3) is 22.2 Å². The van der Waals surface area contributed by atoms with Crippen LogP contribution in [0.5, 0.6) is 0 Å². The Morgan fingerprint density at radius 1 is 1.11 bits per heavy atom.